The van der Waals surface area contributed by atoms with Crippen molar-refractivity contribution in [2.75, 3.05) is 37.6 Å². The minimum atomic E-state index is -0.178. The molecule has 28 heavy (non-hydrogen) atoms. The van der Waals surface area contributed by atoms with E-state index >= 15 is 0 Å². The van der Waals surface area contributed by atoms with E-state index in [1.54, 1.807) is 12.1 Å². The summed E-state index contributed by atoms with van der Waals surface area (Å²) in [5.41, 5.74) is 0.657. The number of piperazine rings is 1. The lowest BCUT2D eigenvalue weighted by Crippen LogP contribution is -2.52. The summed E-state index contributed by atoms with van der Waals surface area (Å²) in [4.78, 5) is 8.97. The minimum Gasteiger partial charge on any atom is -0.366 e. The fourth-order valence-corrected chi connectivity index (χ4v) is 3.03. The van der Waals surface area contributed by atoms with Gasteiger partial charge in [0.05, 0.1) is 5.69 Å². The minimum absolute atomic E-state index is 0. The van der Waals surface area contributed by atoms with Crippen molar-refractivity contribution >= 4 is 35.6 Å². The van der Waals surface area contributed by atoms with E-state index in [-0.39, 0.29) is 29.8 Å². The number of aliphatic imine (C=N–C) groups is 1. The molecule has 1 aromatic carbocycles. The molecule has 0 bridgehead atoms. The number of guanidine groups is 1. The Kier molecular flexibility index (Phi) is 8.21. The van der Waals surface area contributed by atoms with Gasteiger partial charge >= 0.3 is 0 Å². The van der Waals surface area contributed by atoms with E-state index in [0.717, 1.165) is 43.8 Å². The number of aromatic nitrogens is 3. The molecule has 1 saturated heterocycles. The van der Waals surface area contributed by atoms with Gasteiger partial charge in [0.1, 0.15) is 18.2 Å². The summed E-state index contributed by atoms with van der Waals surface area (Å²) in [6.45, 7) is 9.74. The number of nitrogens with zero attached hydrogens (tertiary/aromatic N) is 6. The fraction of sp³-hybridized carbons (Fsp3) is 0.421. The molecule has 1 aromatic heterocycles. The average Bonchev–Trinajstić information content (AvgIpc) is 3.01. The smallest absolute Gasteiger partial charge is 0.194 e. The van der Waals surface area contributed by atoms with Crippen molar-refractivity contribution in [3.63, 3.8) is 0 Å². The zero-order valence-corrected chi connectivity index (χ0v) is 18.6. The number of nitrogens with one attached hydrogen (secondary N) is 1. The molecule has 0 radical (unpaired) electrons. The van der Waals surface area contributed by atoms with Gasteiger partial charge in [-0.15, -0.1) is 40.8 Å². The Morgan fingerprint density at radius 3 is 2.57 bits per heavy atom. The van der Waals surface area contributed by atoms with Crippen LogP contribution in [0.1, 0.15) is 11.6 Å². The Morgan fingerprint density at radius 1 is 1.25 bits per heavy atom. The maximum atomic E-state index is 14.0. The van der Waals surface area contributed by atoms with Crippen molar-refractivity contribution in [2.45, 2.75) is 13.5 Å². The number of benzene rings is 1. The van der Waals surface area contributed by atoms with E-state index < -0.39 is 0 Å². The Labute approximate surface area is 182 Å². The second-order valence-electron chi connectivity index (χ2n) is 6.46. The fourth-order valence-electron chi connectivity index (χ4n) is 3.03. The van der Waals surface area contributed by atoms with Gasteiger partial charge in [-0.2, -0.15) is 0 Å². The van der Waals surface area contributed by atoms with E-state index in [1.807, 2.05) is 30.7 Å². The number of para-hydroxylation sites is 1. The average molecular weight is 499 g/mol. The van der Waals surface area contributed by atoms with Crippen molar-refractivity contribution < 1.29 is 4.39 Å². The molecule has 0 aliphatic carbocycles. The molecule has 0 saturated carbocycles. The highest BCUT2D eigenvalue weighted by Crippen LogP contribution is 2.20. The van der Waals surface area contributed by atoms with Gasteiger partial charge in [0.15, 0.2) is 11.8 Å². The third-order valence-corrected chi connectivity index (χ3v) is 4.73. The second-order valence-corrected chi connectivity index (χ2v) is 6.46. The van der Waals surface area contributed by atoms with Crippen molar-refractivity contribution in [1.82, 2.24) is 25.0 Å². The summed E-state index contributed by atoms with van der Waals surface area (Å²) in [6.07, 6.45) is 1.80. The van der Waals surface area contributed by atoms with Crippen LogP contribution in [0, 0.1) is 12.7 Å². The molecule has 2 heterocycles. The van der Waals surface area contributed by atoms with Crippen molar-refractivity contribution in [1.29, 1.82) is 0 Å². The highest BCUT2D eigenvalue weighted by molar-refractivity contribution is 14.0. The number of rotatable bonds is 5. The lowest BCUT2D eigenvalue weighted by atomic mass is 10.2. The normalized spacial score (nSPS) is 14.6. The molecule has 0 spiro atoms. The number of hydrogen-bond acceptors (Lipinski definition) is 4. The van der Waals surface area contributed by atoms with Crippen LogP contribution < -0.4 is 10.2 Å². The van der Waals surface area contributed by atoms with E-state index in [1.165, 1.54) is 6.07 Å². The molecule has 0 atom stereocenters. The molecule has 1 aliphatic heterocycles. The molecular formula is C19H27FIN7. The van der Waals surface area contributed by atoms with Gasteiger partial charge in [0, 0.05) is 39.8 Å². The number of anilines is 1. The molecule has 0 unspecified atom stereocenters. The molecule has 3 rings (SSSR count). The molecule has 1 fully saturated rings. The summed E-state index contributed by atoms with van der Waals surface area (Å²) >= 11 is 0. The standard InChI is InChI=1S/C19H26FN7.HI/c1-4-9-21-19(22-14-18-24-23-15(2)25(18)3)27-12-10-26(11-13-27)17-8-6-5-7-16(17)20;/h4-8H,1,9-14H2,2-3H3,(H,21,22);1H. The Bertz CT molecular complexity index is 812. The summed E-state index contributed by atoms with van der Waals surface area (Å²) in [5, 5.41) is 11.5. The second kappa shape index (κ2) is 10.4. The summed E-state index contributed by atoms with van der Waals surface area (Å²) < 4.78 is 16.0. The van der Waals surface area contributed by atoms with Crippen LogP contribution >= 0.6 is 24.0 Å². The topological polar surface area (TPSA) is 61.6 Å². The highest BCUT2D eigenvalue weighted by Gasteiger charge is 2.21. The predicted molar refractivity (Wildman–Crippen MR) is 121 cm³/mol. The largest absolute Gasteiger partial charge is 0.366 e. The van der Waals surface area contributed by atoms with E-state index in [0.29, 0.717) is 18.8 Å². The SMILES string of the molecule is C=CCNC(=NCc1nnc(C)n1C)N1CCN(c2ccccc2F)CC1.I. The third kappa shape index (κ3) is 5.21. The maximum absolute atomic E-state index is 14.0. The first-order chi connectivity index (χ1) is 13.1. The van der Waals surface area contributed by atoms with Gasteiger partial charge in [0.2, 0.25) is 0 Å². The monoisotopic (exact) mass is 499 g/mol. The third-order valence-electron chi connectivity index (χ3n) is 4.73. The lowest BCUT2D eigenvalue weighted by molar-refractivity contribution is 0.371. The number of aryl methyl sites for hydroxylation is 1. The zero-order chi connectivity index (χ0) is 19.2. The molecular weight excluding hydrogens is 472 g/mol. The van der Waals surface area contributed by atoms with Crippen LogP contribution in [0.5, 0.6) is 0 Å². The van der Waals surface area contributed by atoms with Gasteiger partial charge in [0.25, 0.3) is 0 Å². The summed E-state index contributed by atoms with van der Waals surface area (Å²) in [5.74, 6) is 2.31. The summed E-state index contributed by atoms with van der Waals surface area (Å²) in [7, 11) is 1.93. The Morgan fingerprint density at radius 2 is 1.96 bits per heavy atom. The number of halogens is 2. The van der Waals surface area contributed by atoms with Crippen LogP contribution in [0.2, 0.25) is 0 Å². The van der Waals surface area contributed by atoms with Gasteiger partial charge in [-0.25, -0.2) is 9.38 Å². The van der Waals surface area contributed by atoms with Crippen LogP contribution in [0.3, 0.4) is 0 Å². The first-order valence-electron chi connectivity index (χ1n) is 9.08. The van der Waals surface area contributed by atoms with Gasteiger partial charge in [-0.3, -0.25) is 0 Å². The van der Waals surface area contributed by atoms with Crippen LogP contribution in [0.15, 0.2) is 41.9 Å². The van der Waals surface area contributed by atoms with E-state index in [9.17, 15) is 4.39 Å². The number of hydrogen-bond donors (Lipinski definition) is 1. The maximum Gasteiger partial charge on any atom is 0.194 e. The first-order valence-corrected chi connectivity index (χ1v) is 9.08. The Balaban J connectivity index is 0.00000280. The molecule has 9 heteroatoms. The molecule has 152 valence electrons. The van der Waals surface area contributed by atoms with Gasteiger partial charge in [-0.05, 0) is 19.1 Å². The van der Waals surface area contributed by atoms with Crippen LogP contribution in [-0.4, -0.2) is 58.3 Å². The Hall–Kier alpha value is -2.17. The summed E-state index contributed by atoms with van der Waals surface area (Å²) in [6, 6.07) is 6.91. The first kappa shape index (κ1) is 22.1. The van der Waals surface area contributed by atoms with Gasteiger partial charge < -0.3 is 19.7 Å². The van der Waals surface area contributed by atoms with Crippen LogP contribution in [-0.2, 0) is 13.6 Å². The molecule has 2 aromatic rings. The van der Waals surface area contributed by atoms with Crippen molar-refractivity contribution in [3.8, 4) is 0 Å². The lowest BCUT2D eigenvalue weighted by Gasteiger charge is -2.37. The van der Waals surface area contributed by atoms with Gasteiger partial charge in [-0.1, -0.05) is 18.2 Å². The molecule has 1 aliphatic rings. The van der Waals surface area contributed by atoms with E-state index in [2.05, 4.69) is 31.9 Å². The van der Waals surface area contributed by atoms with E-state index in [4.69, 9.17) is 4.99 Å². The predicted octanol–water partition coefficient (Wildman–Crippen LogP) is 2.33. The molecule has 1 N–H and O–H groups in total. The molecule has 0 amide bonds. The van der Waals surface area contributed by atoms with Crippen LogP contribution in [0.25, 0.3) is 0 Å². The quantitative estimate of drug-likeness (QED) is 0.296. The van der Waals surface area contributed by atoms with Crippen molar-refractivity contribution in [2.24, 2.45) is 12.0 Å². The van der Waals surface area contributed by atoms with Crippen molar-refractivity contribution in [3.05, 3.63) is 54.4 Å². The molecule has 7 nitrogen and oxygen atoms in total. The zero-order valence-electron chi connectivity index (χ0n) is 16.3. The van der Waals surface area contributed by atoms with Crippen LogP contribution in [0.4, 0.5) is 10.1 Å². The highest BCUT2D eigenvalue weighted by atomic mass is 127.